The van der Waals surface area contributed by atoms with Crippen LogP contribution in [0.15, 0.2) is 65.6 Å². The van der Waals surface area contributed by atoms with Gasteiger partial charge in [-0.2, -0.15) is 0 Å². The van der Waals surface area contributed by atoms with E-state index in [-0.39, 0.29) is 22.8 Å². The van der Waals surface area contributed by atoms with Crippen LogP contribution >= 0.6 is 0 Å². The van der Waals surface area contributed by atoms with Crippen molar-refractivity contribution in [3.8, 4) is 5.75 Å². The van der Waals surface area contributed by atoms with E-state index in [1.54, 1.807) is 55.6 Å². The molecule has 7 heteroatoms. The number of benzene rings is 3. The predicted molar refractivity (Wildman–Crippen MR) is 141 cm³/mol. The Bertz CT molecular complexity index is 1300. The van der Waals surface area contributed by atoms with E-state index < -0.39 is 10.0 Å². The summed E-state index contributed by atoms with van der Waals surface area (Å²) in [5.74, 6) is 0.905. The topological polar surface area (TPSA) is 75.7 Å². The highest BCUT2D eigenvalue weighted by Gasteiger charge is 2.22. The number of hydrogen-bond acceptors (Lipinski definition) is 4. The lowest BCUT2D eigenvalue weighted by Gasteiger charge is -2.22. The van der Waals surface area contributed by atoms with Gasteiger partial charge in [0.25, 0.3) is 15.9 Å². The first-order valence-corrected chi connectivity index (χ1v) is 13.0. The quantitative estimate of drug-likeness (QED) is 0.433. The van der Waals surface area contributed by atoms with E-state index in [0.29, 0.717) is 11.3 Å². The Morgan fingerprint density at radius 1 is 0.914 bits per heavy atom. The van der Waals surface area contributed by atoms with Crippen molar-refractivity contribution in [1.29, 1.82) is 0 Å². The number of carbonyl (C=O) groups excluding carboxylic acids is 1. The van der Waals surface area contributed by atoms with Gasteiger partial charge in [-0.3, -0.25) is 9.10 Å². The molecule has 35 heavy (non-hydrogen) atoms. The Hall–Kier alpha value is -3.32. The minimum absolute atomic E-state index is 0.213. The molecule has 0 unspecified atom stereocenters. The molecule has 6 nitrogen and oxygen atoms in total. The number of carbonyl (C=O) groups is 1. The van der Waals surface area contributed by atoms with Crippen LogP contribution in [-0.4, -0.2) is 28.5 Å². The maximum Gasteiger partial charge on any atom is 0.264 e. The van der Waals surface area contributed by atoms with Crippen LogP contribution in [0.1, 0.15) is 65.3 Å². The normalized spacial score (nSPS) is 12.3. The molecule has 0 spiro atoms. The summed E-state index contributed by atoms with van der Waals surface area (Å²) in [6.45, 7) is 10.1. The number of nitrogens with zero attached hydrogens (tertiary/aromatic N) is 1. The first-order chi connectivity index (χ1) is 16.4. The summed E-state index contributed by atoms with van der Waals surface area (Å²) in [6.07, 6.45) is 0. The largest absolute Gasteiger partial charge is 0.496 e. The first kappa shape index (κ1) is 26.3. The van der Waals surface area contributed by atoms with Crippen molar-refractivity contribution in [3.63, 3.8) is 0 Å². The number of aryl methyl sites for hydroxylation is 2. The lowest BCUT2D eigenvalue weighted by molar-refractivity contribution is 0.0940. The molecule has 0 radical (unpaired) electrons. The molecule has 0 aliphatic heterocycles. The van der Waals surface area contributed by atoms with Gasteiger partial charge in [-0.25, -0.2) is 8.42 Å². The molecular weight excluding hydrogens is 460 g/mol. The summed E-state index contributed by atoms with van der Waals surface area (Å²) in [5.41, 5.74) is 5.08. The molecule has 1 amide bonds. The standard InChI is InChI=1S/C28H34N2O4S/c1-18(2)25-17-26(20(4)16-27(25)34-7)21(5)29-28(31)22-10-12-23(13-11-22)30(6)35(32,33)24-14-8-19(3)9-15-24/h8-18,21H,1-7H3,(H,29,31)/t21-/m0/s1. The Morgan fingerprint density at radius 2 is 1.51 bits per heavy atom. The third kappa shape index (κ3) is 5.68. The second kappa shape index (κ2) is 10.5. The molecule has 0 bridgehead atoms. The minimum Gasteiger partial charge on any atom is -0.496 e. The maximum atomic E-state index is 13.0. The molecule has 3 aromatic carbocycles. The molecule has 0 saturated heterocycles. The van der Waals surface area contributed by atoms with Gasteiger partial charge in [0, 0.05) is 12.6 Å². The molecule has 0 aliphatic rings. The molecule has 1 atom stereocenters. The Morgan fingerprint density at radius 3 is 2.06 bits per heavy atom. The third-order valence-corrected chi connectivity index (χ3v) is 8.03. The van der Waals surface area contributed by atoms with Crippen LogP contribution in [0.25, 0.3) is 0 Å². The highest BCUT2D eigenvalue weighted by atomic mass is 32.2. The van der Waals surface area contributed by atoms with Gasteiger partial charge >= 0.3 is 0 Å². The van der Waals surface area contributed by atoms with Gasteiger partial charge < -0.3 is 10.1 Å². The van der Waals surface area contributed by atoms with Crippen LogP contribution in [0.4, 0.5) is 5.69 Å². The van der Waals surface area contributed by atoms with E-state index >= 15 is 0 Å². The number of methoxy groups -OCH3 is 1. The van der Waals surface area contributed by atoms with E-state index in [9.17, 15) is 13.2 Å². The van der Waals surface area contributed by atoms with Crippen LogP contribution in [0.5, 0.6) is 5.75 Å². The summed E-state index contributed by atoms with van der Waals surface area (Å²) in [7, 11) is -0.526. The zero-order valence-electron chi connectivity index (χ0n) is 21.4. The van der Waals surface area contributed by atoms with Crippen molar-refractivity contribution in [2.24, 2.45) is 0 Å². The van der Waals surface area contributed by atoms with E-state index in [0.717, 1.165) is 28.0 Å². The van der Waals surface area contributed by atoms with E-state index in [4.69, 9.17) is 4.74 Å². The average Bonchev–Trinajstić information content (AvgIpc) is 2.83. The fourth-order valence-corrected chi connectivity index (χ4v) is 5.19. The zero-order valence-corrected chi connectivity index (χ0v) is 22.2. The molecule has 1 N–H and O–H groups in total. The fraction of sp³-hybridized carbons (Fsp3) is 0.321. The van der Waals surface area contributed by atoms with Crippen LogP contribution in [0, 0.1) is 13.8 Å². The van der Waals surface area contributed by atoms with Gasteiger partial charge in [0.2, 0.25) is 0 Å². The van der Waals surface area contributed by atoms with E-state index in [2.05, 4.69) is 25.2 Å². The molecule has 0 saturated carbocycles. The van der Waals surface area contributed by atoms with Gasteiger partial charge in [-0.1, -0.05) is 31.5 Å². The van der Waals surface area contributed by atoms with E-state index in [1.807, 2.05) is 26.8 Å². The number of nitrogens with one attached hydrogen (secondary N) is 1. The summed E-state index contributed by atoms with van der Waals surface area (Å²) < 4.78 is 32.7. The third-order valence-electron chi connectivity index (χ3n) is 6.23. The zero-order chi connectivity index (χ0) is 25.9. The Balaban J connectivity index is 1.77. The van der Waals surface area contributed by atoms with Crippen molar-refractivity contribution in [1.82, 2.24) is 5.32 Å². The van der Waals surface area contributed by atoms with Crippen LogP contribution < -0.4 is 14.4 Å². The summed E-state index contributed by atoms with van der Waals surface area (Å²) in [6, 6.07) is 17.2. The molecule has 0 aliphatic carbocycles. The average molecular weight is 495 g/mol. The first-order valence-electron chi connectivity index (χ1n) is 11.6. The highest BCUT2D eigenvalue weighted by molar-refractivity contribution is 7.92. The molecular formula is C28H34N2O4S. The number of sulfonamides is 1. The Kier molecular flexibility index (Phi) is 7.90. The molecule has 3 aromatic rings. The minimum atomic E-state index is -3.70. The van der Waals surface area contributed by atoms with Gasteiger partial charge in [0.05, 0.1) is 23.7 Å². The summed E-state index contributed by atoms with van der Waals surface area (Å²) >= 11 is 0. The number of anilines is 1. The monoisotopic (exact) mass is 494 g/mol. The van der Waals surface area contributed by atoms with Crippen molar-refractivity contribution >= 4 is 21.6 Å². The molecule has 186 valence electrons. The SMILES string of the molecule is COc1cc(C)c([C@H](C)NC(=O)c2ccc(N(C)S(=O)(=O)c3ccc(C)cc3)cc2)cc1C(C)C. The molecule has 3 rings (SSSR count). The summed E-state index contributed by atoms with van der Waals surface area (Å²) in [4.78, 5) is 13.2. The van der Waals surface area contributed by atoms with Crippen LogP contribution in [0.3, 0.4) is 0 Å². The maximum absolute atomic E-state index is 13.0. The van der Waals surface area contributed by atoms with Crippen LogP contribution in [0.2, 0.25) is 0 Å². The predicted octanol–water partition coefficient (Wildman–Crippen LogP) is 5.75. The number of ether oxygens (including phenoxy) is 1. The van der Waals surface area contributed by atoms with Crippen molar-refractivity contribution in [2.75, 3.05) is 18.5 Å². The van der Waals surface area contributed by atoms with E-state index in [1.165, 1.54) is 11.4 Å². The summed E-state index contributed by atoms with van der Waals surface area (Å²) in [5, 5.41) is 3.06. The second-order valence-corrected chi connectivity index (χ2v) is 11.1. The lowest BCUT2D eigenvalue weighted by atomic mass is 9.93. The lowest BCUT2D eigenvalue weighted by Crippen LogP contribution is -2.28. The van der Waals surface area contributed by atoms with Crippen molar-refractivity contribution in [3.05, 3.63) is 88.5 Å². The van der Waals surface area contributed by atoms with Crippen molar-refractivity contribution in [2.45, 2.75) is 51.5 Å². The smallest absolute Gasteiger partial charge is 0.264 e. The fourth-order valence-electron chi connectivity index (χ4n) is 4.00. The molecule has 0 heterocycles. The number of hydrogen-bond donors (Lipinski definition) is 1. The van der Waals surface area contributed by atoms with Crippen molar-refractivity contribution < 1.29 is 17.9 Å². The Labute approximate surface area is 209 Å². The van der Waals surface area contributed by atoms with Crippen LogP contribution in [-0.2, 0) is 10.0 Å². The second-order valence-electron chi connectivity index (χ2n) is 9.13. The molecule has 0 fully saturated rings. The van der Waals surface area contributed by atoms with Gasteiger partial charge in [0.1, 0.15) is 5.75 Å². The van der Waals surface area contributed by atoms with Gasteiger partial charge in [0.15, 0.2) is 0 Å². The van der Waals surface area contributed by atoms with Gasteiger partial charge in [-0.15, -0.1) is 0 Å². The highest BCUT2D eigenvalue weighted by Crippen LogP contribution is 2.32. The van der Waals surface area contributed by atoms with Gasteiger partial charge in [-0.05, 0) is 91.9 Å². The molecule has 0 aromatic heterocycles. The number of amides is 1. The number of rotatable bonds is 8.